The Morgan fingerprint density at radius 1 is 1.47 bits per heavy atom. The lowest BCUT2D eigenvalue weighted by Crippen LogP contribution is -2.51. The topological polar surface area (TPSA) is 40.5 Å². The molecule has 0 atom stereocenters. The third kappa shape index (κ3) is 2.02. The Kier molecular flexibility index (Phi) is 3.11. The normalized spacial score (nSPS) is 15.9. The first-order chi connectivity index (χ1) is 8.04. The Hall–Kier alpha value is -1.49. The van der Waals surface area contributed by atoms with Crippen molar-refractivity contribution in [1.29, 1.82) is 0 Å². The van der Waals surface area contributed by atoms with Gasteiger partial charge in [-0.05, 0) is 18.6 Å². The van der Waals surface area contributed by atoms with Gasteiger partial charge in [-0.2, -0.15) is 0 Å². The van der Waals surface area contributed by atoms with Gasteiger partial charge in [-0.3, -0.25) is 4.79 Å². The van der Waals surface area contributed by atoms with Crippen LogP contribution in [0, 0.1) is 24.5 Å². The van der Waals surface area contributed by atoms with E-state index in [4.69, 9.17) is 5.11 Å². The summed E-state index contributed by atoms with van der Waals surface area (Å²) < 4.78 is 27.1. The molecule has 0 unspecified atom stereocenters. The molecule has 3 nitrogen and oxygen atoms in total. The molecule has 1 amide bonds. The summed E-state index contributed by atoms with van der Waals surface area (Å²) in [4.78, 5) is 13.2. The lowest BCUT2D eigenvalue weighted by Gasteiger charge is -2.38. The fraction of sp³-hybridized carbons (Fsp3) is 0.417. The van der Waals surface area contributed by atoms with Crippen molar-refractivity contribution in [3.8, 4) is 0 Å². The van der Waals surface area contributed by atoms with E-state index in [1.807, 2.05) is 0 Å². The highest BCUT2D eigenvalue weighted by Crippen LogP contribution is 2.23. The van der Waals surface area contributed by atoms with Gasteiger partial charge in [0.05, 0.1) is 0 Å². The lowest BCUT2D eigenvalue weighted by molar-refractivity contribution is 0.0353. The molecule has 0 aliphatic carbocycles. The summed E-state index contributed by atoms with van der Waals surface area (Å²) in [6.07, 6.45) is 0. The number of rotatable bonds is 2. The maximum Gasteiger partial charge on any atom is 0.259 e. The number of aryl methyl sites for hydroxylation is 1. The van der Waals surface area contributed by atoms with Crippen LogP contribution in [0.25, 0.3) is 0 Å². The maximum atomic E-state index is 13.7. The first kappa shape index (κ1) is 12.0. The number of aliphatic hydroxyl groups is 1. The second-order valence-corrected chi connectivity index (χ2v) is 4.31. The van der Waals surface area contributed by atoms with E-state index in [1.165, 1.54) is 17.9 Å². The average Bonchev–Trinajstić information content (AvgIpc) is 2.23. The molecule has 1 heterocycles. The minimum Gasteiger partial charge on any atom is -0.396 e. The van der Waals surface area contributed by atoms with Gasteiger partial charge in [0.1, 0.15) is 17.2 Å². The minimum atomic E-state index is -0.842. The Morgan fingerprint density at radius 2 is 2.12 bits per heavy atom. The number of hydrogen-bond acceptors (Lipinski definition) is 2. The summed E-state index contributed by atoms with van der Waals surface area (Å²) in [7, 11) is 0. The second-order valence-electron chi connectivity index (χ2n) is 4.31. The second kappa shape index (κ2) is 4.41. The number of carbonyl (C=O) groups is 1. The van der Waals surface area contributed by atoms with Gasteiger partial charge >= 0.3 is 0 Å². The molecule has 1 fully saturated rings. The highest BCUT2D eigenvalue weighted by atomic mass is 19.1. The zero-order chi connectivity index (χ0) is 12.6. The van der Waals surface area contributed by atoms with Gasteiger partial charge in [0, 0.05) is 25.6 Å². The fourth-order valence-electron chi connectivity index (χ4n) is 1.86. The van der Waals surface area contributed by atoms with Crippen molar-refractivity contribution in [1.82, 2.24) is 4.90 Å². The summed E-state index contributed by atoms with van der Waals surface area (Å²) in [6, 6.07) is 2.39. The molecule has 5 heteroatoms. The zero-order valence-corrected chi connectivity index (χ0v) is 9.41. The van der Waals surface area contributed by atoms with E-state index < -0.39 is 23.1 Å². The molecular weight excluding hydrogens is 228 g/mol. The van der Waals surface area contributed by atoms with Gasteiger partial charge in [-0.15, -0.1) is 0 Å². The molecule has 1 aliphatic heterocycles. The van der Waals surface area contributed by atoms with Crippen molar-refractivity contribution < 1.29 is 18.7 Å². The van der Waals surface area contributed by atoms with Crippen molar-refractivity contribution in [3.05, 3.63) is 34.9 Å². The minimum absolute atomic E-state index is 0.0113. The molecule has 17 heavy (non-hydrogen) atoms. The monoisotopic (exact) mass is 241 g/mol. The first-order valence-corrected chi connectivity index (χ1v) is 5.39. The summed E-state index contributed by atoms with van der Waals surface area (Å²) >= 11 is 0. The van der Waals surface area contributed by atoms with Gasteiger partial charge in [-0.1, -0.05) is 6.07 Å². The Morgan fingerprint density at radius 3 is 2.71 bits per heavy atom. The Labute approximate surface area is 97.7 Å². The van der Waals surface area contributed by atoms with Crippen LogP contribution in [0.1, 0.15) is 15.9 Å². The number of nitrogens with zero attached hydrogens (tertiary/aromatic N) is 1. The number of amides is 1. The van der Waals surface area contributed by atoms with E-state index in [-0.39, 0.29) is 18.1 Å². The van der Waals surface area contributed by atoms with Crippen molar-refractivity contribution in [2.24, 2.45) is 5.92 Å². The smallest absolute Gasteiger partial charge is 0.259 e. The fourth-order valence-corrected chi connectivity index (χ4v) is 1.86. The van der Waals surface area contributed by atoms with Gasteiger partial charge in [0.2, 0.25) is 0 Å². The predicted octanol–water partition coefficient (Wildman–Crippen LogP) is 1.34. The molecule has 1 aromatic carbocycles. The molecule has 92 valence electrons. The maximum absolute atomic E-state index is 13.7. The number of carbonyl (C=O) groups excluding carboxylic acids is 1. The molecule has 1 aromatic rings. The highest BCUT2D eigenvalue weighted by Gasteiger charge is 2.33. The van der Waals surface area contributed by atoms with Gasteiger partial charge < -0.3 is 10.0 Å². The predicted molar refractivity (Wildman–Crippen MR) is 57.6 cm³/mol. The molecule has 0 aromatic heterocycles. The lowest BCUT2D eigenvalue weighted by atomic mass is 9.99. The number of halogens is 2. The standard InChI is InChI=1S/C12H13F2NO2/c1-7-2-3-9(13)10(11(7)14)12(17)15-4-8(5-15)6-16/h2-3,8,16H,4-6H2,1H3. The summed E-state index contributed by atoms with van der Waals surface area (Å²) in [5.41, 5.74) is -0.254. The Balaban J connectivity index is 2.23. The molecule has 0 radical (unpaired) electrons. The van der Waals surface area contributed by atoms with E-state index in [2.05, 4.69) is 0 Å². The van der Waals surface area contributed by atoms with Crippen LogP contribution in [-0.4, -0.2) is 35.6 Å². The third-order valence-electron chi connectivity index (χ3n) is 3.00. The number of hydrogen-bond donors (Lipinski definition) is 1. The van der Waals surface area contributed by atoms with E-state index in [0.29, 0.717) is 13.1 Å². The molecule has 0 saturated carbocycles. The van der Waals surface area contributed by atoms with Crippen LogP contribution in [0.15, 0.2) is 12.1 Å². The van der Waals surface area contributed by atoms with E-state index in [9.17, 15) is 13.6 Å². The number of aliphatic hydroxyl groups excluding tert-OH is 1. The molecule has 0 spiro atoms. The van der Waals surface area contributed by atoms with Crippen LogP contribution >= 0.6 is 0 Å². The van der Waals surface area contributed by atoms with Crippen molar-refractivity contribution in [3.63, 3.8) is 0 Å². The van der Waals surface area contributed by atoms with Crippen molar-refractivity contribution in [2.45, 2.75) is 6.92 Å². The number of likely N-dealkylation sites (tertiary alicyclic amines) is 1. The first-order valence-electron chi connectivity index (χ1n) is 5.39. The Bertz CT molecular complexity index is 456. The zero-order valence-electron chi connectivity index (χ0n) is 9.41. The molecule has 0 bridgehead atoms. The van der Waals surface area contributed by atoms with E-state index >= 15 is 0 Å². The van der Waals surface area contributed by atoms with Crippen LogP contribution in [-0.2, 0) is 0 Å². The molecule has 1 N–H and O–H groups in total. The quantitative estimate of drug-likeness (QED) is 0.848. The molecule has 1 saturated heterocycles. The molecule has 1 aliphatic rings. The number of benzene rings is 1. The SMILES string of the molecule is Cc1ccc(F)c(C(=O)N2CC(CO)C2)c1F. The van der Waals surface area contributed by atoms with E-state index in [1.54, 1.807) is 0 Å². The van der Waals surface area contributed by atoms with Crippen LogP contribution in [0.5, 0.6) is 0 Å². The van der Waals surface area contributed by atoms with Gasteiger partial charge in [0.15, 0.2) is 0 Å². The highest BCUT2D eigenvalue weighted by molar-refractivity contribution is 5.95. The van der Waals surface area contributed by atoms with Crippen LogP contribution < -0.4 is 0 Å². The van der Waals surface area contributed by atoms with E-state index in [0.717, 1.165) is 6.07 Å². The van der Waals surface area contributed by atoms with Gasteiger partial charge in [0.25, 0.3) is 5.91 Å². The molecular formula is C12H13F2NO2. The van der Waals surface area contributed by atoms with Crippen molar-refractivity contribution >= 4 is 5.91 Å². The summed E-state index contributed by atoms with van der Waals surface area (Å²) in [6.45, 7) is 2.17. The van der Waals surface area contributed by atoms with Crippen LogP contribution in [0.3, 0.4) is 0 Å². The molecule has 2 rings (SSSR count). The summed E-state index contributed by atoms with van der Waals surface area (Å²) in [5, 5.41) is 8.82. The van der Waals surface area contributed by atoms with Crippen LogP contribution in [0.2, 0.25) is 0 Å². The largest absolute Gasteiger partial charge is 0.396 e. The average molecular weight is 241 g/mol. The van der Waals surface area contributed by atoms with Gasteiger partial charge in [-0.25, -0.2) is 8.78 Å². The third-order valence-corrected chi connectivity index (χ3v) is 3.00. The summed E-state index contributed by atoms with van der Waals surface area (Å²) in [5.74, 6) is -2.27. The van der Waals surface area contributed by atoms with Crippen molar-refractivity contribution in [2.75, 3.05) is 19.7 Å². The van der Waals surface area contributed by atoms with Crippen LogP contribution in [0.4, 0.5) is 8.78 Å².